The van der Waals surface area contributed by atoms with Crippen molar-refractivity contribution < 1.29 is 0 Å². The van der Waals surface area contributed by atoms with Crippen molar-refractivity contribution in [3.8, 4) is 0 Å². The second kappa shape index (κ2) is 6.14. The van der Waals surface area contributed by atoms with Gasteiger partial charge in [-0.3, -0.25) is 0 Å². The molecule has 1 aromatic carbocycles. The Hall–Kier alpha value is -2.43. The number of rotatable bonds is 5. The van der Waals surface area contributed by atoms with Gasteiger partial charge >= 0.3 is 0 Å². The van der Waals surface area contributed by atoms with Crippen LogP contribution in [0.25, 0.3) is 0 Å². The molecule has 0 atom stereocenters. The molecule has 5 nitrogen and oxygen atoms in total. The van der Waals surface area contributed by atoms with Crippen molar-refractivity contribution in [2.75, 3.05) is 17.2 Å². The molecular weight excluding hydrogens is 250 g/mol. The van der Waals surface area contributed by atoms with E-state index in [4.69, 9.17) is 0 Å². The Morgan fingerprint density at radius 1 is 1.10 bits per heavy atom. The van der Waals surface area contributed by atoms with Crippen molar-refractivity contribution in [3.63, 3.8) is 0 Å². The zero-order valence-electron chi connectivity index (χ0n) is 12.1. The largest absolute Gasteiger partial charge is 0.351 e. The van der Waals surface area contributed by atoms with Crippen molar-refractivity contribution in [3.05, 3.63) is 47.8 Å². The molecule has 1 aromatic heterocycles. The molecular formula is C15H19N5. The first-order valence-corrected chi connectivity index (χ1v) is 6.50. The third-order valence-electron chi connectivity index (χ3n) is 2.78. The van der Waals surface area contributed by atoms with Crippen LogP contribution in [0.2, 0.25) is 0 Å². The van der Waals surface area contributed by atoms with Crippen LogP contribution in [0.15, 0.2) is 30.9 Å². The van der Waals surface area contributed by atoms with Gasteiger partial charge in [0.15, 0.2) is 0 Å². The van der Waals surface area contributed by atoms with Gasteiger partial charge in [0.2, 0.25) is 11.9 Å². The van der Waals surface area contributed by atoms with E-state index >= 15 is 0 Å². The molecule has 2 rings (SSSR count). The average Bonchev–Trinajstić information content (AvgIpc) is 2.39. The number of hydrogen-bond donors (Lipinski definition) is 2. The minimum Gasteiger partial charge on any atom is -0.351 e. The minimum absolute atomic E-state index is 0.538. The highest BCUT2D eigenvalue weighted by Crippen LogP contribution is 2.19. The van der Waals surface area contributed by atoms with E-state index in [2.05, 4.69) is 58.1 Å². The summed E-state index contributed by atoms with van der Waals surface area (Å²) in [5.74, 6) is 1.75. The van der Waals surface area contributed by atoms with Crippen LogP contribution < -0.4 is 10.6 Å². The first-order valence-electron chi connectivity index (χ1n) is 6.50. The molecule has 2 aromatic rings. The topological polar surface area (TPSA) is 62.7 Å². The number of aryl methyl sites for hydroxylation is 3. The standard InChI is InChI=1S/C15H19N5/c1-5-8-16-14-17-12(4)18-15(20-14)19-13-7-6-10(2)9-11(13)3/h5-7,9H,1,8H2,2-4H3,(H2,16,17,18,19,20). The van der Waals surface area contributed by atoms with Crippen LogP contribution in [0.3, 0.4) is 0 Å². The Balaban J connectivity index is 2.23. The van der Waals surface area contributed by atoms with Gasteiger partial charge in [0.1, 0.15) is 5.82 Å². The highest BCUT2D eigenvalue weighted by Gasteiger charge is 2.05. The smallest absolute Gasteiger partial charge is 0.232 e. The summed E-state index contributed by atoms with van der Waals surface area (Å²) < 4.78 is 0. The summed E-state index contributed by atoms with van der Waals surface area (Å²) in [6, 6.07) is 6.20. The van der Waals surface area contributed by atoms with Gasteiger partial charge in [-0.25, -0.2) is 0 Å². The fourth-order valence-electron chi connectivity index (χ4n) is 1.85. The molecule has 0 aliphatic rings. The normalized spacial score (nSPS) is 10.2. The summed E-state index contributed by atoms with van der Waals surface area (Å²) in [7, 11) is 0. The zero-order chi connectivity index (χ0) is 14.5. The number of nitrogens with zero attached hydrogens (tertiary/aromatic N) is 3. The van der Waals surface area contributed by atoms with Gasteiger partial charge in [0.25, 0.3) is 0 Å². The minimum atomic E-state index is 0.538. The molecule has 0 bridgehead atoms. The van der Waals surface area contributed by atoms with E-state index < -0.39 is 0 Å². The van der Waals surface area contributed by atoms with Crippen LogP contribution in [0.5, 0.6) is 0 Å². The lowest BCUT2D eigenvalue weighted by molar-refractivity contribution is 0.976. The van der Waals surface area contributed by atoms with E-state index in [9.17, 15) is 0 Å². The SMILES string of the molecule is C=CCNc1nc(C)nc(Nc2ccc(C)cc2C)n1. The molecule has 0 unspecified atom stereocenters. The van der Waals surface area contributed by atoms with Crippen LogP contribution in [0.4, 0.5) is 17.6 Å². The lowest BCUT2D eigenvalue weighted by Crippen LogP contribution is -2.08. The van der Waals surface area contributed by atoms with Gasteiger partial charge < -0.3 is 10.6 Å². The molecule has 0 fully saturated rings. The third kappa shape index (κ3) is 3.54. The summed E-state index contributed by atoms with van der Waals surface area (Å²) in [6.07, 6.45) is 1.76. The van der Waals surface area contributed by atoms with E-state index in [1.54, 1.807) is 6.08 Å². The molecule has 5 heteroatoms. The van der Waals surface area contributed by atoms with Gasteiger partial charge in [-0.2, -0.15) is 15.0 Å². The van der Waals surface area contributed by atoms with Crippen molar-refractivity contribution in [1.29, 1.82) is 0 Å². The Bertz CT molecular complexity index is 622. The zero-order valence-corrected chi connectivity index (χ0v) is 12.1. The second-order valence-corrected chi connectivity index (χ2v) is 4.64. The van der Waals surface area contributed by atoms with Gasteiger partial charge in [-0.05, 0) is 32.4 Å². The average molecular weight is 269 g/mol. The van der Waals surface area contributed by atoms with E-state index in [0.717, 1.165) is 11.3 Å². The lowest BCUT2D eigenvalue weighted by atomic mass is 10.1. The highest BCUT2D eigenvalue weighted by atomic mass is 15.2. The fraction of sp³-hybridized carbons (Fsp3) is 0.267. The molecule has 0 aliphatic carbocycles. The first kappa shape index (κ1) is 14.0. The van der Waals surface area contributed by atoms with Crippen LogP contribution in [0, 0.1) is 20.8 Å². The summed E-state index contributed by atoms with van der Waals surface area (Å²) in [5.41, 5.74) is 3.38. The van der Waals surface area contributed by atoms with Crippen LogP contribution >= 0.6 is 0 Å². The molecule has 1 heterocycles. The van der Waals surface area contributed by atoms with Crippen LogP contribution in [0.1, 0.15) is 17.0 Å². The third-order valence-corrected chi connectivity index (χ3v) is 2.78. The van der Waals surface area contributed by atoms with E-state index in [1.165, 1.54) is 5.56 Å². The maximum atomic E-state index is 4.34. The molecule has 0 saturated heterocycles. The van der Waals surface area contributed by atoms with E-state index in [-0.39, 0.29) is 0 Å². The van der Waals surface area contributed by atoms with E-state index in [1.807, 2.05) is 13.0 Å². The van der Waals surface area contributed by atoms with Gasteiger partial charge in [0, 0.05) is 12.2 Å². The molecule has 104 valence electrons. The Morgan fingerprint density at radius 3 is 2.55 bits per heavy atom. The number of aromatic nitrogens is 3. The predicted octanol–water partition coefficient (Wildman–Crippen LogP) is 3.14. The number of hydrogen-bond acceptors (Lipinski definition) is 5. The fourth-order valence-corrected chi connectivity index (χ4v) is 1.85. The van der Waals surface area contributed by atoms with Crippen molar-refractivity contribution >= 4 is 17.6 Å². The molecule has 20 heavy (non-hydrogen) atoms. The lowest BCUT2D eigenvalue weighted by Gasteiger charge is -2.10. The number of anilines is 3. The maximum Gasteiger partial charge on any atom is 0.232 e. The van der Waals surface area contributed by atoms with Crippen molar-refractivity contribution in [2.45, 2.75) is 20.8 Å². The van der Waals surface area contributed by atoms with Crippen LogP contribution in [-0.4, -0.2) is 21.5 Å². The van der Waals surface area contributed by atoms with Gasteiger partial charge in [0.05, 0.1) is 0 Å². The maximum absolute atomic E-state index is 4.34. The second-order valence-electron chi connectivity index (χ2n) is 4.64. The summed E-state index contributed by atoms with van der Waals surface area (Å²) in [5, 5.41) is 6.29. The number of nitrogens with one attached hydrogen (secondary N) is 2. The number of benzene rings is 1. The summed E-state index contributed by atoms with van der Waals surface area (Å²) >= 11 is 0. The molecule has 0 radical (unpaired) electrons. The monoisotopic (exact) mass is 269 g/mol. The predicted molar refractivity (Wildman–Crippen MR) is 82.4 cm³/mol. The van der Waals surface area contributed by atoms with Gasteiger partial charge in [-0.1, -0.05) is 23.8 Å². The van der Waals surface area contributed by atoms with Crippen molar-refractivity contribution in [1.82, 2.24) is 15.0 Å². The molecule has 0 spiro atoms. The van der Waals surface area contributed by atoms with Crippen molar-refractivity contribution in [2.24, 2.45) is 0 Å². The Morgan fingerprint density at radius 2 is 1.85 bits per heavy atom. The molecule has 0 amide bonds. The molecule has 0 saturated carbocycles. The summed E-state index contributed by atoms with van der Waals surface area (Å²) in [6.45, 7) is 10.2. The molecule has 2 N–H and O–H groups in total. The van der Waals surface area contributed by atoms with E-state index in [0.29, 0.717) is 24.3 Å². The Kier molecular flexibility index (Phi) is 4.30. The summed E-state index contributed by atoms with van der Waals surface area (Å²) in [4.78, 5) is 12.9. The molecule has 0 aliphatic heterocycles. The first-order chi connectivity index (χ1) is 9.58. The Labute approximate surface area is 119 Å². The highest BCUT2D eigenvalue weighted by molar-refractivity contribution is 5.59. The van der Waals surface area contributed by atoms with Gasteiger partial charge in [-0.15, -0.1) is 6.58 Å². The van der Waals surface area contributed by atoms with Crippen LogP contribution in [-0.2, 0) is 0 Å². The quantitative estimate of drug-likeness (QED) is 0.816.